The van der Waals surface area contributed by atoms with Crippen molar-refractivity contribution in [2.75, 3.05) is 18.0 Å². The molecule has 1 aromatic carbocycles. The van der Waals surface area contributed by atoms with Crippen molar-refractivity contribution in [2.24, 2.45) is 11.1 Å². The molecule has 3 N–H and O–H groups in total. The Kier molecular flexibility index (Phi) is 5.21. The molecule has 0 bridgehead atoms. The predicted octanol–water partition coefficient (Wildman–Crippen LogP) is 4.25. The van der Waals surface area contributed by atoms with E-state index < -0.39 is 5.97 Å². The van der Waals surface area contributed by atoms with E-state index in [1.54, 1.807) is 24.4 Å². The Bertz CT molecular complexity index is 913. The molecule has 1 aliphatic heterocycles. The zero-order chi connectivity index (χ0) is 19.9. The molecule has 148 valence electrons. The summed E-state index contributed by atoms with van der Waals surface area (Å²) in [4.78, 5) is 22.8. The molecule has 1 saturated carbocycles. The van der Waals surface area contributed by atoms with Crippen molar-refractivity contribution in [1.82, 2.24) is 9.97 Å². The summed E-state index contributed by atoms with van der Waals surface area (Å²) in [5, 5.41) is 10.3. The van der Waals surface area contributed by atoms with E-state index in [1.165, 1.54) is 12.8 Å². The lowest BCUT2D eigenvalue weighted by Gasteiger charge is -2.42. The molecule has 1 unspecified atom stereocenters. The van der Waals surface area contributed by atoms with Crippen LogP contribution in [0.4, 0.5) is 5.82 Å². The van der Waals surface area contributed by atoms with E-state index in [9.17, 15) is 9.90 Å². The highest BCUT2D eigenvalue weighted by atomic mass is 35.5. The van der Waals surface area contributed by atoms with Crippen molar-refractivity contribution in [1.29, 1.82) is 0 Å². The number of rotatable bonds is 3. The summed E-state index contributed by atoms with van der Waals surface area (Å²) in [7, 11) is 0. The second kappa shape index (κ2) is 7.50. The summed E-state index contributed by atoms with van der Waals surface area (Å²) in [5.74, 6) is -0.576. The maximum Gasteiger partial charge on any atom is 0.356 e. The van der Waals surface area contributed by atoms with Gasteiger partial charge in [0.2, 0.25) is 0 Å². The number of benzene rings is 1. The fraction of sp³-hybridized carbons (Fsp3) is 0.450. The quantitative estimate of drug-likeness (QED) is 0.770. The molecule has 8 heteroatoms. The first-order valence-electron chi connectivity index (χ1n) is 9.46. The zero-order valence-electron chi connectivity index (χ0n) is 15.4. The van der Waals surface area contributed by atoms with Gasteiger partial charge in [-0.2, -0.15) is 0 Å². The maximum atomic E-state index is 11.9. The average molecular weight is 421 g/mol. The molecular formula is C20H22Cl2N4O2. The first kappa shape index (κ1) is 19.4. The average Bonchev–Trinajstić information content (AvgIpc) is 3.04. The second-order valence-corrected chi connectivity index (χ2v) is 8.47. The highest BCUT2D eigenvalue weighted by Crippen LogP contribution is 2.46. The number of piperidine rings is 1. The van der Waals surface area contributed by atoms with Gasteiger partial charge in [0, 0.05) is 24.7 Å². The summed E-state index contributed by atoms with van der Waals surface area (Å²) in [6.07, 6.45) is 7.09. The lowest BCUT2D eigenvalue weighted by molar-refractivity contribution is 0.0691. The fourth-order valence-corrected chi connectivity index (χ4v) is 4.92. The van der Waals surface area contributed by atoms with Gasteiger partial charge in [-0.05, 0) is 37.2 Å². The number of hydrogen-bond donors (Lipinski definition) is 2. The smallest absolute Gasteiger partial charge is 0.356 e. The summed E-state index contributed by atoms with van der Waals surface area (Å²) in [6.45, 7) is 1.61. The number of nitrogens with zero attached hydrogens (tertiary/aromatic N) is 3. The van der Waals surface area contributed by atoms with E-state index in [2.05, 4.69) is 14.9 Å². The van der Waals surface area contributed by atoms with Gasteiger partial charge in [-0.1, -0.05) is 41.8 Å². The topological polar surface area (TPSA) is 92.3 Å². The lowest BCUT2D eigenvalue weighted by atomic mass is 9.74. The normalized spacial score (nSPS) is 21.2. The Morgan fingerprint density at radius 3 is 2.64 bits per heavy atom. The standard InChI is InChI=1S/C20H22Cl2N4O2/c21-13-4-1-3-12(16(13)22)17-18(19(27)28)25-15(11-24-17)26-9-7-20(8-10-26)6-2-5-14(20)23/h1,3-4,11,14H,2,5-10,23H2,(H,27,28). The van der Waals surface area contributed by atoms with Crippen LogP contribution in [0, 0.1) is 5.41 Å². The Labute approximate surface area is 173 Å². The molecule has 0 radical (unpaired) electrons. The molecule has 2 aromatic rings. The molecule has 2 aliphatic rings. The molecule has 1 aromatic heterocycles. The van der Waals surface area contributed by atoms with Crippen molar-refractivity contribution in [2.45, 2.75) is 38.1 Å². The van der Waals surface area contributed by atoms with Crippen molar-refractivity contribution in [3.05, 3.63) is 40.1 Å². The minimum Gasteiger partial charge on any atom is -0.476 e. The number of halogens is 2. The Balaban J connectivity index is 1.63. The highest BCUT2D eigenvalue weighted by molar-refractivity contribution is 6.43. The van der Waals surface area contributed by atoms with Gasteiger partial charge in [-0.3, -0.25) is 0 Å². The Morgan fingerprint density at radius 2 is 2.00 bits per heavy atom. The second-order valence-electron chi connectivity index (χ2n) is 7.68. The first-order chi connectivity index (χ1) is 13.4. The number of carboxylic acid groups (broad SMARTS) is 1. The molecule has 0 amide bonds. The number of aromatic nitrogens is 2. The van der Waals surface area contributed by atoms with E-state index in [-0.39, 0.29) is 27.9 Å². The number of hydrogen-bond acceptors (Lipinski definition) is 5. The number of anilines is 1. The molecule has 1 atom stereocenters. The van der Waals surface area contributed by atoms with Crippen LogP contribution in [0.5, 0.6) is 0 Å². The SMILES string of the molecule is NC1CCCC12CCN(c1cnc(-c3cccc(Cl)c3Cl)c(C(=O)O)n1)CC2. The number of nitrogens with two attached hydrogens (primary N) is 1. The molecule has 1 spiro atoms. The molecule has 4 rings (SSSR count). The van der Waals surface area contributed by atoms with Gasteiger partial charge >= 0.3 is 5.97 Å². The van der Waals surface area contributed by atoms with Crippen LogP contribution in [-0.4, -0.2) is 40.2 Å². The first-order valence-corrected chi connectivity index (χ1v) is 10.2. The lowest BCUT2D eigenvalue weighted by Crippen LogP contribution is -2.47. The van der Waals surface area contributed by atoms with Crippen molar-refractivity contribution < 1.29 is 9.90 Å². The number of carboxylic acids is 1. The van der Waals surface area contributed by atoms with Crippen molar-refractivity contribution in [3.63, 3.8) is 0 Å². The molecular weight excluding hydrogens is 399 g/mol. The number of aromatic carboxylic acids is 1. The van der Waals surface area contributed by atoms with E-state index in [1.807, 2.05) is 0 Å². The third-order valence-corrected chi connectivity index (χ3v) is 7.05. The van der Waals surface area contributed by atoms with Crippen LogP contribution in [0.15, 0.2) is 24.4 Å². The van der Waals surface area contributed by atoms with Crippen LogP contribution in [0.2, 0.25) is 10.0 Å². The molecule has 1 aliphatic carbocycles. The van der Waals surface area contributed by atoms with Crippen LogP contribution in [0.3, 0.4) is 0 Å². The van der Waals surface area contributed by atoms with E-state index in [4.69, 9.17) is 28.9 Å². The summed E-state index contributed by atoms with van der Waals surface area (Å²) in [6, 6.07) is 5.31. The maximum absolute atomic E-state index is 11.9. The van der Waals surface area contributed by atoms with Gasteiger partial charge in [0.05, 0.1) is 16.2 Å². The third kappa shape index (κ3) is 3.34. The van der Waals surface area contributed by atoms with Crippen molar-refractivity contribution >= 4 is 35.0 Å². The Morgan fingerprint density at radius 1 is 1.25 bits per heavy atom. The van der Waals surface area contributed by atoms with E-state index in [0.717, 1.165) is 32.4 Å². The summed E-state index contributed by atoms with van der Waals surface area (Å²) >= 11 is 12.3. The molecule has 1 saturated heterocycles. The zero-order valence-corrected chi connectivity index (χ0v) is 16.9. The van der Waals surface area contributed by atoms with Gasteiger partial charge in [0.15, 0.2) is 5.69 Å². The minimum absolute atomic E-state index is 0.125. The monoisotopic (exact) mass is 420 g/mol. The third-order valence-electron chi connectivity index (χ3n) is 6.23. The molecule has 28 heavy (non-hydrogen) atoms. The van der Waals surface area contributed by atoms with Crippen LogP contribution < -0.4 is 10.6 Å². The van der Waals surface area contributed by atoms with Gasteiger partial charge in [0.25, 0.3) is 0 Å². The summed E-state index contributed by atoms with van der Waals surface area (Å²) in [5.41, 5.74) is 7.14. The molecule has 2 fully saturated rings. The fourth-order valence-electron chi connectivity index (χ4n) is 4.53. The summed E-state index contributed by atoms with van der Waals surface area (Å²) < 4.78 is 0. The van der Waals surface area contributed by atoms with Crippen LogP contribution in [0.1, 0.15) is 42.6 Å². The van der Waals surface area contributed by atoms with Crippen LogP contribution in [0.25, 0.3) is 11.3 Å². The van der Waals surface area contributed by atoms with E-state index >= 15 is 0 Å². The predicted molar refractivity (Wildman–Crippen MR) is 110 cm³/mol. The highest BCUT2D eigenvalue weighted by Gasteiger charge is 2.43. The van der Waals surface area contributed by atoms with Gasteiger partial charge in [-0.15, -0.1) is 0 Å². The minimum atomic E-state index is -1.15. The molecule has 2 heterocycles. The van der Waals surface area contributed by atoms with Crippen molar-refractivity contribution in [3.8, 4) is 11.3 Å². The van der Waals surface area contributed by atoms with Gasteiger partial charge in [-0.25, -0.2) is 14.8 Å². The molecule has 6 nitrogen and oxygen atoms in total. The van der Waals surface area contributed by atoms with Crippen LogP contribution >= 0.6 is 23.2 Å². The Hall–Kier alpha value is -1.89. The van der Waals surface area contributed by atoms with Gasteiger partial charge < -0.3 is 15.7 Å². The number of carbonyl (C=O) groups is 1. The largest absolute Gasteiger partial charge is 0.476 e. The van der Waals surface area contributed by atoms with Gasteiger partial charge in [0.1, 0.15) is 11.5 Å². The van der Waals surface area contributed by atoms with E-state index in [0.29, 0.717) is 16.4 Å². The van der Waals surface area contributed by atoms with Crippen LogP contribution in [-0.2, 0) is 0 Å².